The maximum atomic E-state index is 9.06. The number of benzene rings is 2. The van der Waals surface area contributed by atoms with Crippen LogP contribution in [-0.4, -0.2) is 14.4 Å². The second-order valence-corrected chi connectivity index (χ2v) is 7.94. The molecule has 0 atom stereocenters. The summed E-state index contributed by atoms with van der Waals surface area (Å²) in [6.45, 7) is 6.43. The zero-order valence-electron chi connectivity index (χ0n) is 16.7. The van der Waals surface area contributed by atoms with Crippen molar-refractivity contribution in [2.75, 3.05) is 0 Å². The van der Waals surface area contributed by atoms with E-state index in [1.807, 2.05) is 48.5 Å². The molecule has 0 saturated heterocycles. The quantitative estimate of drug-likeness (QED) is 0.370. The molecule has 3 heteroatoms. The van der Waals surface area contributed by atoms with Crippen LogP contribution in [0.5, 0.6) is 0 Å². The van der Waals surface area contributed by atoms with Crippen molar-refractivity contribution in [3.8, 4) is 11.3 Å². The number of rotatable bonds is 1. The Kier molecular flexibility index (Phi) is 3.12. The third-order valence-corrected chi connectivity index (χ3v) is 4.97. The predicted molar refractivity (Wildman–Crippen MR) is 112 cm³/mol. The first kappa shape index (κ1) is 14.9. The van der Waals surface area contributed by atoms with E-state index in [2.05, 4.69) is 43.4 Å². The molecule has 3 nitrogen and oxygen atoms in total. The lowest BCUT2D eigenvalue weighted by molar-refractivity contribution is 0.571. The molecule has 5 rings (SSSR count). The normalized spacial score (nSPS) is 12.8. The molecule has 0 bridgehead atoms. The number of imidazole rings is 1. The molecular weight excluding hydrogens is 330 g/mol. The van der Waals surface area contributed by atoms with E-state index < -0.39 is 0 Å². The summed E-state index contributed by atoms with van der Waals surface area (Å²) in [7, 11) is 0. The van der Waals surface area contributed by atoms with Crippen LogP contribution in [0, 0.1) is 0 Å². The van der Waals surface area contributed by atoms with Crippen LogP contribution in [0.3, 0.4) is 0 Å². The predicted octanol–water partition coefficient (Wildman–Crippen LogP) is 6.00. The number of nitrogens with zero attached hydrogens (tertiary/aromatic N) is 3. The van der Waals surface area contributed by atoms with Gasteiger partial charge in [0.1, 0.15) is 5.65 Å². The van der Waals surface area contributed by atoms with E-state index in [1.54, 1.807) is 0 Å². The fraction of sp³-hybridized carbons (Fsp3) is 0.167. The average Bonchev–Trinajstić information content (AvgIpc) is 3.07. The van der Waals surface area contributed by atoms with Crippen molar-refractivity contribution in [1.82, 2.24) is 14.4 Å². The molecule has 0 aliphatic rings. The summed E-state index contributed by atoms with van der Waals surface area (Å²) < 4.78 is 11.2. The van der Waals surface area contributed by atoms with Crippen LogP contribution in [0.1, 0.15) is 27.8 Å². The number of fused-ring (bicyclic) bond motifs is 5. The Morgan fingerprint density at radius 3 is 2.33 bits per heavy atom. The Bertz CT molecular complexity index is 1350. The molecule has 0 saturated carbocycles. The fourth-order valence-corrected chi connectivity index (χ4v) is 3.55. The summed E-state index contributed by atoms with van der Waals surface area (Å²) in [6.07, 6.45) is 0. The smallest absolute Gasteiger partial charge is 0.147 e. The highest BCUT2D eigenvalue weighted by Gasteiger charge is 2.19. The minimum atomic E-state index is -0.0835. The topological polar surface area (TPSA) is 30.2 Å². The van der Waals surface area contributed by atoms with Crippen molar-refractivity contribution >= 4 is 27.6 Å². The number of pyridine rings is 2. The Morgan fingerprint density at radius 1 is 0.815 bits per heavy atom. The summed E-state index contributed by atoms with van der Waals surface area (Å²) >= 11 is 0. The Hall–Kier alpha value is -3.20. The number of aromatic nitrogens is 3. The van der Waals surface area contributed by atoms with Gasteiger partial charge in [0.25, 0.3) is 0 Å². The molecule has 27 heavy (non-hydrogen) atoms. The maximum Gasteiger partial charge on any atom is 0.147 e. The van der Waals surface area contributed by atoms with Gasteiger partial charge in [0, 0.05) is 16.5 Å². The van der Waals surface area contributed by atoms with Crippen LogP contribution >= 0.6 is 0 Å². The van der Waals surface area contributed by atoms with Crippen LogP contribution in [0.25, 0.3) is 38.8 Å². The van der Waals surface area contributed by atoms with Crippen molar-refractivity contribution < 1.29 is 1.37 Å². The second-order valence-electron chi connectivity index (χ2n) is 7.94. The van der Waals surface area contributed by atoms with Gasteiger partial charge < -0.3 is 0 Å². The van der Waals surface area contributed by atoms with Gasteiger partial charge in [-0.15, -0.1) is 0 Å². The Labute approximate surface area is 159 Å². The minimum absolute atomic E-state index is 0.0835. The van der Waals surface area contributed by atoms with Crippen LogP contribution in [0.4, 0.5) is 0 Å². The molecule has 0 fully saturated rings. The van der Waals surface area contributed by atoms with E-state index >= 15 is 0 Å². The molecular formula is C24H21N3. The van der Waals surface area contributed by atoms with Crippen LogP contribution in [0.2, 0.25) is 0 Å². The SMILES string of the molecule is [2H]c1c(-c2ccccc2)n2c3ccccc3nc2c2ccc(C(C)(C)C)nc12. The second kappa shape index (κ2) is 5.65. The molecule has 0 unspecified atom stereocenters. The molecule has 0 amide bonds. The van der Waals surface area contributed by atoms with E-state index in [0.29, 0.717) is 11.6 Å². The average molecular weight is 352 g/mol. The molecule has 2 aromatic carbocycles. The molecule has 3 heterocycles. The van der Waals surface area contributed by atoms with Gasteiger partial charge in [-0.3, -0.25) is 9.38 Å². The van der Waals surface area contributed by atoms with Crippen LogP contribution < -0.4 is 0 Å². The van der Waals surface area contributed by atoms with Gasteiger partial charge in [-0.05, 0) is 35.9 Å². The summed E-state index contributed by atoms with van der Waals surface area (Å²) in [4.78, 5) is 9.81. The summed E-state index contributed by atoms with van der Waals surface area (Å²) in [6, 6.07) is 22.7. The van der Waals surface area contributed by atoms with Gasteiger partial charge >= 0.3 is 0 Å². The standard InChI is InChI=1S/C24H21N3/c1-24(2,3)22-14-13-17-19(25-22)15-21(16-9-5-4-6-10-16)27-20-12-8-7-11-18(20)26-23(17)27/h4-15H,1-3H3/i15D. The lowest BCUT2D eigenvalue weighted by Gasteiger charge is -2.18. The summed E-state index contributed by atoms with van der Waals surface area (Å²) in [5, 5.41) is 0.911. The van der Waals surface area contributed by atoms with E-state index in [1.165, 1.54) is 0 Å². The number of para-hydroxylation sites is 2. The molecule has 0 radical (unpaired) electrons. The first-order chi connectivity index (χ1) is 13.4. The summed E-state index contributed by atoms with van der Waals surface area (Å²) in [5.41, 5.74) is 6.19. The molecule has 5 aromatic rings. The lowest BCUT2D eigenvalue weighted by atomic mass is 9.91. The van der Waals surface area contributed by atoms with Crippen molar-refractivity contribution in [3.05, 3.63) is 78.5 Å². The third kappa shape index (κ3) is 2.50. The van der Waals surface area contributed by atoms with Gasteiger partial charge in [0.05, 0.1) is 23.6 Å². The number of hydrogen-bond donors (Lipinski definition) is 0. The zero-order chi connectivity index (χ0) is 19.5. The first-order valence-electron chi connectivity index (χ1n) is 9.71. The molecule has 0 aliphatic heterocycles. The first-order valence-corrected chi connectivity index (χ1v) is 9.21. The lowest BCUT2D eigenvalue weighted by Crippen LogP contribution is -2.13. The molecule has 132 valence electrons. The maximum absolute atomic E-state index is 9.06. The van der Waals surface area contributed by atoms with Crippen molar-refractivity contribution in [1.29, 1.82) is 0 Å². The van der Waals surface area contributed by atoms with Gasteiger partial charge in [-0.25, -0.2) is 4.98 Å². The zero-order valence-corrected chi connectivity index (χ0v) is 15.7. The van der Waals surface area contributed by atoms with E-state index in [9.17, 15) is 0 Å². The minimum Gasteiger partial charge on any atom is -0.292 e. The highest BCUT2D eigenvalue weighted by molar-refractivity contribution is 5.99. The van der Waals surface area contributed by atoms with E-state index in [4.69, 9.17) is 11.3 Å². The van der Waals surface area contributed by atoms with Gasteiger partial charge in [-0.2, -0.15) is 0 Å². The molecule has 0 aliphatic carbocycles. The number of hydrogen-bond acceptors (Lipinski definition) is 2. The fourth-order valence-electron chi connectivity index (χ4n) is 3.55. The highest BCUT2D eigenvalue weighted by Crippen LogP contribution is 2.32. The molecule has 0 N–H and O–H groups in total. The van der Waals surface area contributed by atoms with Crippen LogP contribution in [-0.2, 0) is 5.41 Å². The summed E-state index contributed by atoms with van der Waals surface area (Å²) in [5.74, 6) is 0. The largest absolute Gasteiger partial charge is 0.292 e. The molecule has 0 spiro atoms. The Morgan fingerprint density at radius 2 is 1.56 bits per heavy atom. The van der Waals surface area contributed by atoms with Crippen LogP contribution in [0.15, 0.2) is 72.8 Å². The van der Waals surface area contributed by atoms with Crippen molar-refractivity contribution in [2.45, 2.75) is 26.2 Å². The van der Waals surface area contributed by atoms with E-state index in [-0.39, 0.29) is 5.41 Å². The highest BCUT2D eigenvalue weighted by atomic mass is 15.0. The Balaban J connectivity index is 2.02. The monoisotopic (exact) mass is 352 g/mol. The van der Waals surface area contributed by atoms with E-state index in [0.717, 1.165) is 39.0 Å². The van der Waals surface area contributed by atoms with Gasteiger partial charge in [0.2, 0.25) is 0 Å². The van der Waals surface area contributed by atoms with Gasteiger partial charge in [0.15, 0.2) is 0 Å². The van der Waals surface area contributed by atoms with Crippen molar-refractivity contribution in [3.63, 3.8) is 0 Å². The van der Waals surface area contributed by atoms with Gasteiger partial charge in [-0.1, -0.05) is 63.2 Å². The third-order valence-electron chi connectivity index (χ3n) is 4.97. The molecule has 3 aromatic heterocycles. The van der Waals surface area contributed by atoms with Crippen molar-refractivity contribution in [2.24, 2.45) is 0 Å².